The lowest BCUT2D eigenvalue weighted by Crippen LogP contribution is -2.09. The lowest BCUT2D eigenvalue weighted by atomic mass is 10.1. The lowest BCUT2D eigenvalue weighted by molar-refractivity contribution is -0.114. The Morgan fingerprint density at radius 2 is 1.76 bits per heavy atom. The first-order valence-electron chi connectivity index (χ1n) is 7.29. The predicted molar refractivity (Wildman–Crippen MR) is 90.7 cm³/mol. The van der Waals surface area contributed by atoms with Crippen molar-refractivity contribution >= 4 is 23.4 Å². The molecule has 0 aliphatic carbocycles. The van der Waals surface area contributed by atoms with Gasteiger partial charge in [0.05, 0.1) is 0 Å². The number of hydrogen-bond acceptors (Lipinski definition) is 2. The zero-order valence-electron chi connectivity index (χ0n) is 12.5. The number of carbonyl (C=O) groups excluding carboxylic acids is 1. The molecule has 0 saturated heterocycles. The summed E-state index contributed by atoms with van der Waals surface area (Å²) in [5, 5.41) is 3.29. The minimum atomic E-state index is -0.0255. The van der Waals surface area contributed by atoms with Crippen molar-refractivity contribution in [3.05, 3.63) is 60.2 Å². The van der Waals surface area contributed by atoms with Gasteiger partial charge in [-0.05, 0) is 30.2 Å². The Labute approximate surface area is 131 Å². The number of hydrogen-bond donors (Lipinski definition) is 1. The monoisotopic (exact) mass is 299 g/mol. The molecule has 0 saturated carbocycles. The lowest BCUT2D eigenvalue weighted by Gasteiger charge is -2.20. The third-order valence-electron chi connectivity index (χ3n) is 3.19. The highest BCUT2D eigenvalue weighted by atomic mass is 32.2. The molecule has 2 aromatic rings. The van der Waals surface area contributed by atoms with E-state index in [4.69, 9.17) is 0 Å². The van der Waals surface area contributed by atoms with Crippen molar-refractivity contribution in [2.45, 2.75) is 36.8 Å². The molecule has 1 atom stereocenters. The Hall–Kier alpha value is -1.74. The van der Waals surface area contributed by atoms with Crippen LogP contribution in [0.2, 0.25) is 0 Å². The van der Waals surface area contributed by atoms with Crippen molar-refractivity contribution in [2.75, 3.05) is 5.32 Å². The second-order valence-corrected chi connectivity index (χ2v) is 6.25. The van der Waals surface area contributed by atoms with Crippen LogP contribution in [0.1, 0.15) is 37.5 Å². The minimum absolute atomic E-state index is 0.0255. The maximum absolute atomic E-state index is 11.4. The van der Waals surface area contributed by atoms with Gasteiger partial charge in [0.2, 0.25) is 5.91 Å². The van der Waals surface area contributed by atoms with Crippen LogP contribution in [0.25, 0.3) is 0 Å². The van der Waals surface area contributed by atoms with E-state index in [2.05, 4.69) is 42.6 Å². The summed E-state index contributed by atoms with van der Waals surface area (Å²) in [6.07, 6.45) is 2.19. The van der Waals surface area contributed by atoms with Crippen molar-refractivity contribution in [1.29, 1.82) is 0 Å². The molecule has 1 amide bonds. The van der Waals surface area contributed by atoms with Gasteiger partial charge in [-0.3, -0.25) is 4.79 Å². The molecule has 2 rings (SSSR count). The molecule has 0 unspecified atom stereocenters. The fourth-order valence-electron chi connectivity index (χ4n) is 2.28. The highest BCUT2D eigenvalue weighted by Gasteiger charge is 2.16. The Kier molecular flexibility index (Phi) is 5.88. The van der Waals surface area contributed by atoms with Crippen LogP contribution in [0.15, 0.2) is 59.5 Å². The largest absolute Gasteiger partial charge is 0.326 e. The van der Waals surface area contributed by atoms with Crippen LogP contribution in [0.4, 0.5) is 5.69 Å². The van der Waals surface area contributed by atoms with Gasteiger partial charge in [0, 0.05) is 22.8 Å². The Morgan fingerprint density at radius 3 is 2.43 bits per heavy atom. The van der Waals surface area contributed by atoms with Gasteiger partial charge in [-0.1, -0.05) is 49.7 Å². The molecule has 2 nitrogen and oxygen atoms in total. The van der Waals surface area contributed by atoms with Gasteiger partial charge in [0.25, 0.3) is 0 Å². The summed E-state index contributed by atoms with van der Waals surface area (Å²) in [6.45, 7) is 3.75. The molecule has 0 radical (unpaired) electrons. The summed E-state index contributed by atoms with van der Waals surface area (Å²) in [4.78, 5) is 12.6. The highest BCUT2D eigenvalue weighted by molar-refractivity contribution is 7.99. The summed E-state index contributed by atoms with van der Waals surface area (Å²) in [6, 6.07) is 18.5. The van der Waals surface area contributed by atoms with E-state index in [1.807, 2.05) is 36.0 Å². The minimum Gasteiger partial charge on any atom is -0.326 e. The van der Waals surface area contributed by atoms with Gasteiger partial charge >= 0.3 is 0 Å². The molecular formula is C18H21NOS. The first kappa shape index (κ1) is 15.6. The number of amides is 1. The van der Waals surface area contributed by atoms with Crippen LogP contribution in [-0.2, 0) is 4.79 Å². The number of anilines is 1. The third-order valence-corrected chi connectivity index (χ3v) is 4.51. The normalized spacial score (nSPS) is 11.9. The van der Waals surface area contributed by atoms with Crippen LogP contribution in [0.3, 0.4) is 0 Å². The zero-order chi connectivity index (χ0) is 15.1. The second kappa shape index (κ2) is 7.89. The van der Waals surface area contributed by atoms with Crippen molar-refractivity contribution in [1.82, 2.24) is 0 Å². The quantitative estimate of drug-likeness (QED) is 0.735. The average Bonchev–Trinajstić information content (AvgIpc) is 2.48. The average molecular weight is 299 g/mol. The standard InChI is InChI=1S/C18H21NOS/c1-3-9-18(21-15-10-5-4-6-11-15)16-12-7-8-13-17(16)19-14(2)20/h4-8,10-13,18H,3,9H2,1-2H3,(H,19,20)/t18-/m0/s1. The molecule has 21 heavy (non-hydrogen) atoms. The van der Waals surface area contributed by atoms with Crippen molar-refractivity contribution in [2.24, 2.45) is 0 Å². The van der Waals surface area contributed by atoms with E-state index in [-0.39, 0.29) is 5.91 Å². The van der Waals surface area contributed by atoms with E-state index in [9.17, 15) is 4.79 Å². The molecule has 0 aliphatic rings. The summed E-state index contributed by atoms with van der Waals surface area (Å²) in [5.74, 6) is -0.0255. The van der Waals surface area contributed by atoms with E-state index in [1.54, 1.807) is 6.92 Å². The van der Waals surface area contributed by atoms with Gasteiger partial charge in [-0.15, -0.1) is 11.8 Å². The van der Waals surface area contributed by atoms with Crippen molar-refractivity contribution < 1.29 is 4.79 Å². The molecule has 0 bridgehead atoms. The van der Waals surface area contributed by atoms with Gasteiger partial charge in [0.1, 0.15) is 0 Å². The summed E-state index contributed by atoms with van der Waals surface area (Å²) in [5.41, 5.74) is 2.12. The molecule has 0 aliphatic heterocycles. The topological polar surface area (TPSA) is 29.1 Å². The number of rotatable bonds is 6. The summed E-state index contributed by atoms with van der Waals surface area (Å²) < 4.78 is 0. The smallest absolute Gasteiger partial charge is 0.221 e. The van der Waals surface area contributed by atoms with E-state index in [0.29, 0.717) is 5.25 Å². The maximum Gasteiger partial charge on any atom is 0.221 e. The first-order chi connectivity index (χ1) is 10.2. The van der Waals surface area contributed by atoms with Gasteiger partial charge in [-0.25, -0.2) is 0 Å². The zero-order valence-corrected chi connectivity index (χ0v) is 13.3. The van der Waals surface area contributed by atoms with Crippen LogP contribution in [0, 0.1) is 0 Å². The van der Waals surface area contributed by atoms with Crippen molar-refractivity contribution in [3.8, 4) is 0 Å². The van der Waals surface area contributed by atoms with Gasteiger partial charge < -0.3 is 5.32 Å². The van der Waals surface area contributed by atoms with E-state index in [0.717, 1.165) is 18.5 Å². The molecule has 3 heteroatoms. The number of benzene rings is 2. The number of thioether (sulfide) groups is 1. The van der Waals surface area contributed by atoms with E-state index in [1.165, 1.54) is 10.5 Å². The van der Waals surface area contributed by atoms with E-state index < -0.39 is 0 Å². The molecule has 0 heterocycles. The Balaban J connectivity index is 2.27. The number of nitrogens with one attached hydrogen (secondary N) is 1. The number of para-hydroxylation sites is 1. The molecule has 1 N–H and O–H groups in total. The van der Waals surface area contributed by atoms with E-state index >= 15 is 0 Å². The third kappa shape index (κ3) is 4.64. The maximum atomic E-state index is 11.4. The molecule has 0 fully saturated rings. The molecule has 0 aromatic heterocycles. The second-order valence-electron chi connectivity index (χ2n) is 4.98. The van der Waals surface area contributed by atoms with Gasteiger partial charge in [0.15, 0.2) is 0 Å². The predicted octanol–water partition coefficient (Wildman–Crippen LogP) is 5.28. The fraction of sp³-hybridized carbons (Fsp3) is 0.278. The molecule has 0 spiro atoms. The Morgan fingerprint density at radius 1 is 1.10 bits per heavy atom. The van der Waals surface area contributed by atoms with Crippen LogP contribution in [-0.4, -0.2) is 5.91 Å². The first-order valence-corrected chi connectivity index (χ1v) is 8.17. The highest BCUT2D eigenvalue weighted by Crippen LogP contribution is 2.41. The van der Waals surface area contributed by atoms with Crippen LogP contribution < -0.4 is 5.32 Å². The summed E-state index contributed by atoms with van der Waals surface area (Å²) in [7, 11) is 0. The van der Waals surface area contributed by atoms with Crippen molar-refractivity contribution in [3.63, 3.8) is 0 Å². The molecule has 2 aromatic carbocycles. The summed E-state index contributed by atoms with van der Waals surface area (Å²) >= 11 is 1.86. The van der Waals surface area contributed by atoms with Gasteiger partial charge in [-0.2, -0.15) is 0 Å². The van der Waals surface area contributed by atoms with Crippen LogP contribution >= 0.6 is 11.8 Å². The molecular weight excluding hydrogens is 278 g/mol. The molecule has 110 valence electrons. The Bertz CT molecular complexity index is 583. The fourth-order valence-corrected chi connectivity index (χ4v) is 3.61. The SMILES string of the molecule is CCC[C@H](Sc1ccccc1)c1ccccc1NC(C)=O. The van der Waals surface area contributed by atoms with Crippen LogP contribution in [0.5, 0.6) is 0 Å². The number of carbonyl (C=O) groups is 1.